The van der Waals surface area contributed by atoms with E-state index in [4.69, 9.17) is 9.84 Å². The summed E-state index contributed by atoms with van der Waals surface area (Å²) in [5.41, 5.74) is -0.0265. The van der Waals surface area contributed by atoms with Crippen LogP contribution in [0.3, 0.4) is 0 Å². The number of ether oxygens (including phenoxy) is 1. The molecule has 1 aromatic rings. The van der Waals surface area contributed by atoms with Crippen molar-refractivity contribution in [3.05, 3.63) is 23.8 Å². The van der Waals surface area contributed by atoms with Crippen LogP contribution in [0.1, 0.15) is 31.1 Å². The van der Waals surface area contributed by atoms with Crippen molar-refractivity contribution in [2.45, 2.75) is 25.7 Å². The van der Waals surface area contributed by atoms with Gasteiger partial charge in [0.2, 0.25) is 10.0 Å². The minimum atomic E-state index is -3.74. The standard InChI is InChI=1S/C14H21NO5S/c1-9(2)10(3)8-15-21(18,19)13-6-5-11(14(16)17)7-12(13)20-4/h5-7,9-10,15H,8H2,1-4H3,(H,16,17). The lowest BCUT2D eigenvalue weighted by molar-refractivity contribution is 0.0696. The normalized spacial score (nSPS) is 13.2. The summed E-state index contributed by atoms with van der Waals surface area (Å²) in [7, 11) is -2.44. The Kier molecular flexibility index (Phi) is 5.74. The van der Waals surface area contributed by atoms with E-state index in [9.17, 15) is 13.2 Å². The fourth-order valence-electron chi connectivity index (χ4n) is 1.58. The number of nitrogens with one attached hydrogen (secondary N) is 1. The predicted molar refractivity (Wildman–Crippen MR) is 79.1 cm³/mol. The molecule has 0 saturated heterocycles. The van der Waals surface area contributed by atoms with E-state index in [0.29, 0.717) is 12.5 Å². The maximum absolute atomic E-state index is 12.3. The van der Waals surface area contributed by atoms with E-state index in [1.54, 1.807) is 0 Å². The van der Waals surface area contributed by atoms with Gasteiger partial charge >= 0.3 is 5.97 Å². The van der Waals surface area contributed by atoms with E-state index < -0.39 is 16.0 Å². The number of rotatable bonds is 7. The van der Waals surface area contributed by atoms with Crippen molar-refractivity contribution in [2.24, 2.45) is 11.8 Å². The quantitative estimate of drug-likeness (QED) is 0.802. The average molecular weight is 315 g/mol. The van der Waals surface area contributed by atoms with Gasteiger partial charge in [-0.15, -0.1) is 0 Å². The zero-order chi connectivity index (χ0) is 16.2. The van der Waals surface area contributed by atoms with Crippen molar-refractivity contribution in [3.8, 4) is 5.75 Å². The molecule has 6 nitrogen and oxygen atoms in total. The Bertz CT molecular complexity index is 610. The Morgan fingerprint density at radius 2 is 1.95 bits per heavy atom. The van der Waals surface area contributed by atoms with Crippen molar-refractivity contribution >= 4 is 16.0 Å². The summed E-state index contributed by atoms with van der Waals surface area (Å²) in [6.07, 6.45) is 0. The molecular weight excluding hydrogens is 294 g/mol. The lowest BCUT2D eigenvalue weighted by Crippen LogP contribution is -2.30. The average Bonchev–Trinajstić information content (AvgIpc) is 2.43. The van der Waals surface area contributed by atoms with Crippen molar-refractivity contribution in [1.82, 2.24) is 4.72 Å². The van der Waals surface area contributed by atoms with Gasteiger partial charge in [-0.1, -0.05) is 20.8 Å². The molecule has 0 saturated carbocycles. The van der Waals surface area contributed by atoms with E-state index in [-0.39, 0.29) is 22.1 Å². The molecule has 0 aromatic heterocycles. The number of methoxy groups -OCH3 is 1. The molecule has 1 aromatic carbocycles. The Balaban J connectivity index is 3.05. The highest BCUT2D eigenvalue weighted by Crippen LogP contribution is 2.25. The minimum absolute atomic E-state index is 0.0135. The third kappa shape index (κ3) is 4.44. The summed E-state index contributed by atoms with van der Waals surface area (Å²) in [4.78, 5) is 10.8. The number of carbonyl (C=O) groups is 1. The molecule has 0 aliphatic rings. The van der Waals surface area contributed by atoms with Gasteiger partial charge in [0.25, 0.3) is 0 Å². The van der Waals surface area contributed by atoms with Crippen LogP contribution in [-0.4, -0.2) is 33.1 Å². The Morgan fingerprint density at radius 3 is 2.43 bits per heavy atom. The maximum atomic E-state index is 12.3. The Hall–Kier alpha value is -1.60. The largest absolute Gasteiger partial charge is 0.495 e. The van der Waals surface area contributed by atoms with Gasteiger partial charge in [-0.2, -0.15) is 0 Å². The SMILES string of the molecule is COc1cc(C(=O)O)ccc1S(=O)(=O)NCC(C)C(C)C. The van der Waals surface area contributed by atoms with Gasteiger partial charge in [0.1, 0.15) is 10.6 Å². The zero-order valence-electron chi connectivity index (χ0n) is 12.6. The Labute approximate surface area is 125 Å². The molecule has 0 bridgehead atoms. The number of hydrogen-bond donors (Lipinski definition) is 2. The molecule has 1 unspecified atom stereocenters. The highest BCUT2D eigenvalue weighted by molar-refractivity contribution is 7.89. The van der Waals surface area contributed by atoms with Gasteiger partial charge in [-0.25, -0.2) is 17.9 Å². The van der Waals surface area contributed by atoms with E-state index in [0.717, 1.165) is 0 Å². The van der Waals surface area contributed by atoms with Crippen molar-refractivity contribution < 1.29 is 23.1 Å². The number of carboxylic acid groups (broad SMARTS) is 1. The molecule has 1 atom stereocenters. The molecule has 118 valence electrons. The molecule has 0 spiro atoms. The topological polar surface area (TPSA) is 92.7 Å². The van der Waals surface area contributed by atoms with Crippen LogP contribution < -0.4 is 9.46 Å². The second kappa shape index (κ2) is 6.91. The lowest BCUT2D eigenvalue weighted by atomic mass is 9.99. The monoisotopic (exact) mass is 315 g/mol. The third-order valence-corrected chi connectivity index (χ3v) is 4.90. The predicted octanol–water partition coefficient (Wildman–Crippen LogP) is 1.96. The minimum Gasteiger partial charge on any atom is -0.495 e. The van der Waals surface area contributed by atoms with Crippen LogP contribution >= 0.6 is 0 Å². The molecule has 21 heavy (non-hydrogen) atoms. The molecule has 0 fully saturated rings. The van der Waals surface area contributed by atoms with E-state index in [1.807, 2.05) is 20.8 Å². The van der Waals surface area contributed by atoms with Crippen molar-refractivity contribution in [1.29, 1.82) is 0 Å². The lowest BCUT2D eigenvalue weighted by Gasteiger charge is -2.17. The van der Waals surface area contributed by atoms with E-state index in [2.05, 4.69) is 4.72 Å². The third-order valence-electron chi connectivity index (χ3n) is 3.43. The first-order valence-electron chi connectivity index (χ1n) is 6.60. The molecule has 0 heterocycles. The van der Waals surface area contributed by atoms with Crippen molar-refractivity contribution in [2.75, 3.05) is 13.7 Å². The van der Waals surface area contributed by atoms with E-state index in [1.165, 1.54) is 25.3 Å². The van der Waals surface area contributed by atoms with E-state index >= 15 is 0 Å². The zero-order valence-corrected chi connectivity index (χ0v) is 13.4. The van der Waals surface area contributed by atoms with Gasteiger partial charge < -0.3 is 9.84 Å². The molecule has 0 aliphatic carbocycles. The van der Waals surface area contributed by atoms with Gasteiger partial charge in [-0.05, 0) is 30.0 Å². The number of carboxylic acids is 1. The summed E-state index contributed by atoms with van der Waals surface area (Å²) in [6.45, 7) is 6.30. The summed E-state index contributed by atoms with van der Waals surface area (Å²) in [5.74, 6) is -0.591. The van der Waals surface area contributed by atoms with Crippen LogP contribution in [0.5, 0.6) is 5.75 Å². The van der Waals surface area contributed by atoms with Crippen LogP contribution in [0.2, 0.25) is 0 Å². The molecule has 0 amide bonds. The first-order chi connectivity index (χ1) is 9.69. The second-order valence-corrected chi connectivity index (χ2v) is 6.98. The van der Waals surface area contributed by atoms with Crippen LogP contribution in [-0.2, 0) is 10.0 Å². The van der Waals surface area contributed by atoms with Crippen LogP contribution in [0.25, 0.3) is 0 Å². The smallest absolute Gasteiger partial charge is 0.335 e. The number of sulfonamides is 1. The number of aromatic carboxylic acids is 1. The van der Waals surface area contributed by atoms with Gasteiger partial charge in [0.05, 0.1) is 12.7 Å². The van der Waals surface area contributed by atoms with Gasteiger partial charge in [0, 0.05) is 6.54 Å². The Morgan fingerprint density at radius 1 is 1.33 bits per heavy atom. The number of hydrogen-bond acceptors (Lipinski definition) is 4. The molecule has 1 rings (SSSR count). The number of benzene rings is 1. The van der Waals surface area contributed by atoms with Crippen molar-refractivity contribution in [3.63, 3.8) is 0 Å². The van der Waals surface area contributed by atoms with Crippen LogP contribution in [0.15, 0.2) is 23.1 Å². The first kappa shape index (κ1) is 17.5. The van der Waals surface area contributed by atoms with Crippen LogP contribution in [0.4, 0.5) is 0 Å². The maximum Gasteiger partial charge on any atom is 0.335 e. The van der Waals surface area contributed by atoms with Gasteiger partial charge in [0.15, 0.2) is 0 Å². The molecule has 2 N–H and O–H groups in total. The van der Waals surface area contributed by atoms with Crippen LogP contribution in [0, 0.1) is 11.8 Å². The summed E-state index contributed by atoms with van der Waals surface area (Å²) in [5, 5.41) is 8.92. The highest BCUT2D eigenvalue weighted by Gasteiger charge is 2.22. The fourth-order valence-corrected chi connectivity index (χ4v) is 2.87. The molecule has 7 heteroatoms. The molecule has 0 radical (unpaired) electrons. The fraction of sp³-hybridized carbons (Fsp3) is 0.500. The first-order valence-corrected chi connectivity index (χ1v) is 8.08. The molecular formula is C14H21NO5S. The second-order valence-electron chi connectivity index (χ2n) is 5.24. The highest BCUT2D eigenvalue weighted by atomic mass is 32.2. The summed E-state index contributed by atoms with van der Waals surface area (Å²) in [6, 6.07) is 3.68. The summed E-state index contributed by atoms with van der Waals surface area (Å²) < 4.78 is 32.1. The molecule has 0 aliphatic heterocycles. The summed E-state index contributed by atoms with van der Waals surface area (Å²) >= 11 is 0. The van der Waals surface area contributed by atoms with Gasteiger partial charge in [-0.3, -0.25) is 0 Å².